The van der Waals surface area contributed by atoms with Crippen LogP contribution in [0.25, 0.3) is 0 Å². The van der Waals surface area contributed by atoms with Gasteiger partial charge in [-0.1, -0.05) is 77.6 Å². The van der Waals surface area contributed by atoms with Crippen molar-refractivity contribution < 1.29 is 34.2 Å². The standard InChI is InChI=1S/C15H30O2.C3H8NO5P/c1-2-3-4-5-6-7-8-9-10-11-12-13-14-15(16)17;4-3(6)2(5)1-10(7,8)9/h2-14H2,1H3,(H,16,17);2,5H,1H2,(H2,4,6)(H2,7,8,9). The van der Waals surface area contributed by atoms with E-state index in [2.05, 4.69) is 12.7 Å². The summed E-state index contributed by atoms with van der Waals surface area (Å²) < 4.78 is 10.1. The van der Waals surface area contributed by atoms with Gasteiger partial charge in [-0.25, -0.2) is 0 Å². The second-order valence-electron chi connectivity index (χ2n) is 6.80. The average Bonchev–Trinajstić information content (AvgIpc) is 2.54. The first-order valence-corrected chi connectivity index (χ1v) is 11.6. The summed E-state index contributed by atoms with van der Waals surface area (Å²) in [6.07, 6.45) is 13.1. The Labute approximate surface area is 162 Å². The molecule has 162 valence electrons. The summed E-state index contributed by atoms with van der Waals surface area (Å²) in [5.41, 5.74) is 4.51. The SMILES string of the molecule is CCCCCCCCCCCCCCC(=O)O.NC(=O)C(O)CP(=O)(O)O. The Balaban J connectivity index is 0. The lowest BCUT2D eigenvalue weighted by molar-refractivity contribution is -0.137. The molecule has 27 heavy (non-hydrogen) atoms. The maximum absolute atomic E-state index is 10.3. The molecule has 0 spiro atoms. The van der Waals surface area contributed by atoms with Crippen molar-refractivity contribution >= 4 is 19.5 Å². The molecule has 0 aliphatic heterocycles. The van der Waals surface area contributed by atoms with Gasteiger partial charge in [0, 0.05) is 6.42 Å². The molecule has 0 radical (unpaired) electrons. The lowest BCUT2D eigenvalue weighted by atomic mass is 10.0. The van der Waals surface area contributed by atoms with E-state index in [1.54, 1.807) is 0 Å². The quantitative estimate of drug-likeness (QED) is 0.193. The highest BCUT2D eigenvalue weighted by Crippen LogP contribution is 2.34. The van der Waals surface area contributed by atoms with Gasteiger partial charge in [0.25, 0.3) is 0 Å². The molecule has 9 heteroatoms. The van der Waals surface area contributed by atoms with E-state index in [1.165, 1.54) is 64.2 Å². The Morgan fingerprint density at radius 3 is 1.48 bits per heavy atom. The minimum absolute atomic E-state index is 0.345. The molecular formula is C18H38NO7P. The number of aliphatic hydroxyl groups excluding tert-OH is 1. The fourth-order valence-corrected chi connectivity index (χ4v) is 3.06. The molecular weight excluding hydrogens is 373 g/mol. The fraction of sp³-hybridized carbons (Fsp3) is 0.889. The minimum atomic E-state index is -4.33. The number of aliphatic hydroxyl groups is 1. The van der Waals surface area contributed by atoms with E-state index in [0.29, 0.717) is 6.42 Å². The molecule has 0 aliphatic rings. The van der Waals surface area contributed by atoms with Crippen molar-refractivity contribution in [2.24, 2.45) is 5.73 Å². The van der Waals surface area contributed by atoms with Gasteiger partial charge in [0.1, 0.15) is 6.10 Å². The van der Waals surface area contributed by atoms with E-state index in [-0.39, 0.29) is 0 Å². The van der Waals surface area contributed by atoms with E-state index in [1.807, 2.05) is 0 Å². The first kappa shape index (κ1) is 28.3. The van der Waals surface area contributed by atoms with Crippen molar-refractivity contribution in [2.45, 2.75) is 96.5 Å². The van der Waals surface area contributed by atoms with E-state index in [9.17, 15) is 14.2 Å². The average molecular weight is 411 g/mol. The molecule has 0 heterocycles. The Morgan fingerprint density at radius 2 is 1.22 bits per heavy atom. The summed E-state index contributed by atoms with van der Waals surface area (Å²) in [6.45, 7) is 2.25. The van der Waals surface area contributed by atoms with Crippen molar-refractivity contribution in [3.63, 3.8) is 0 Å². The third-order valence-corrected chi connectivity index (χ3v) is 4.80. The molecule has 6 N–H and O–H groups in total. The van der Waals surface area contributed by atoms with Crippen LogP contribution in [-0.2, 0) is 14.2 Å². The van der Waals surface area contributed by atoms with Gasteiger partial charge >= 0.3 is 13.6 Å². The predicted molar refractivity (Wildman–Crippen MR) is 105 cm³/mol. The number of carboxylic acids is 1. The highest BCUT2D eigenvalue weighted by atomic mass is 31.2. The van der Waals surface area contributed by atoms with Crippen LogP contribution in [0.1, 0.15) is 90.4 Å². The molecule has 0 saturated heterocycles. The molecule has 1 amide bonds. The molecule has 0 saturated carbocycles. The molecule has 8 nitrogen and oxygen atoms in total. The first-order chi connectivity index (χ1) is 12.6. The molecule has 1 unspecified atom stereocenters. The summed E-state index contributed by atoms with van der Waals surface area (Å²) >= 11 is 0. The van der Waals surface area contributed by atoms with Crippen molar-refractivity contribution in [1.29, 1.82) is 0 Å². The molecule has 0 fully saturated rings. The van der Waals surface area contributed by atoms with Crippen LogP contribution in [0.2, 0.25) is 0 Å². The van der Waals surface area contributed by atoms with Crippen LogP contribution in [0.4, 0.5) is 0 Å². The van der Waals surface area contributed by atoms with E-state index in [4.69, 9.17) is 20.0 Å². The molecule has 0 aromatic heterocycles. The van der Waals surface area contributed by atoms with Crippen LogP contribution in [0, 0.1) is 0 Å². The number of carbonyl (C=O) groups excluding carboxylic acids is 1. The number of aliphatic carboxylic acids is 1. The van der Waals surface area contributed by atoms with Crippen molar-refractivity contribution in [2.75, 3.05) is 6.16 Å². The van der Waals surface area contributed by atoms with Gasteiger partial charge < -0.3 is 25.7 Å². The zero-order chi connectivity index (χ0) is 21.1. The summed E-state index contributed by atoms with van der Waals surface area (Å²) in [4.78, 5) is 36.6. The fourth-order valence-electron chi connectivity index (χ4n) is 2.43. The number of carboxylic acid groups (broad SMARTS) is 1. The van der Waals surface area contributed by atoms with Crippen LogP contribution in [-0.4, -0.2) is 44.1 Å². The maximum atomic E-state index is 10.3. The Hall–Kier alpha value is -0.950. The van der Waals surface area contributed by atoms with E-state index < -0.39 is 31.7 Å². The van der Waals surface area contributed by atoms with E-state index >= 15 is 0 Å². The topological polar surface area (TPSA) is 158 Å². The second kappa shape index (κ2) is 18.4. The van der Waals surface area contributed by atoms with Crippen LogP contribution >= 0.6 is 7.60 Å². The minimum Gasteiger partial charge on any atom is -0.481 e. The van der Waals surface area contributed by atoms with Crippen molar-refractivity contribution in [3.8, 4) is 0 Å². The number of hydrogen-bond donors (Lipinski definition) is 5. The van der Waals surface area contributed by atoms with E-state index in [0.717, 1.165) is 12.8 Å². The molecule has 0 bridgehead atoms. The molecule has 1 atom stereocenters. The zero-order valence-corrected chi connectivity index (χ0v) is 17.4. The van der Waals surface area contributed by atoms with Crippen molar-refractivity contribution in [1.82, 2.24) is 0 Å². The second-order valence-corrected chi connectivity index (χ2v) is 8.49. The number of hydrogen-bond acceptors (Lipinski definition) is 4. The van der Waals surface area contributed by atoms with Gasteiger partial charge in [-0.3, -0.25) is 14.2 Å². The largest absolute Gasteiger partial charge is 0.481 e. The third-order valence-electron chi connectivity index (χ3n) is 3.98. The molecule has 0 aromatic carbocycles. The lowest BCUT2D eigenvalue weighted by Gasteiger charge is -2.06. The Kier molecular flexibility index (Phi) is 19.3. The normalized spacial score (nSPS) is 12.1. The van der Waals surface area contributed by atoms with Gasteiger partial charge in [-0.05, 0) is 6.42 Å². The smallest absolute Gasteiger partial charge is 0.328 e. The highest BCUT2D eigenvalue weighted by Gasteiger charge is 2.23. The van der Waals surface area contributed by atoms with Gasteiger partial charge in [0.05, 0.1) is 6.16 Å². The van der Waals surface area contributed by atoms with Gasteiger partial charge in [-0.2, -0.15) is 0 Å². The third kappa shape index (κ3) is 27.4. The number of rotatable bonds is 16. The number of nitrogens with two attached hydrogens (primary N) is 1. The summed E-state index contributed by atoms with van der Waals surface area (Å²) in [7, 11) is -4.33. The predicted octanol–water partition coefficient (Wildman–Crippen LogP) is 3.17. The Bertz CT molecular complexity index is 426. The lowest BCUT2D eigenvalue weighted by Crippen LogP contribution is -2.31. The Morgan fingerprint density at radius 1 is 0.852 bits per heavy atom. The summed E-state index contributed by atoms with van der Waals surface area (Å²) in [6, 6.07) is 0. The van der Waals surface area contributed by atoms with Crippen LogP contribution in [0.15, 0.2) is 0 Å². The summed E-state index contributed by atoms with van der Waals surface area (Å²) in [5, 5.41) is 17.0. The molecule has 0 aromatic rings. The van der Waals surface area contributed by atoms with Crippen LogP contribution in [0.3, 0.4) is 0 Å². The first-order valence-electron chi connectivity index (χ1n) is 9.84. The van der Waals surface area contributed by atoms with Gasteiger partial charge in [0.15, 0.2) is 0 Å². The number of carbonyl (C=O) groups is 2. The van der Waals surface area contributed by atoms with Gasteiger partial charge in [0.2, 0.25) is 5.91 Å². The number of unbranched alkanes of at least 4 members (excludes halogenated alkanes) is 11. The van der Waals surface area contributed by atoms with Crippen LogP contribution in [0.5, 0.6) is 0 Å². The molecule has 0 aliphatic carbocycles. The highest BCUT2D eigenvalue weighted by molar-refractivity contribution is 7.51. The van der Waals surface area contributed by atoms with Gasteiger partial charge in [-0.15, -0.1) is 0 Å². The molecule has 0 rings (SSSR count). The number of amides is 1. The maximum Gasteiger partial charge on any atom is 0.328 e. The van der Waals surface area contributed by atoms with Crippen molar-refractivity contribution in [3.05, 3.63) is 0 Å². The number of primary amides is 1. The zero-order valence-electron chi connectivity index (χ0n) is 16.5. The van der Waals surface area contributed by atoms with Crippen LogP contribution < -0.4 is 5.73 Å². The monoisotopic (exact) mass is 411 g/mol. The summed E-state index contributed by atoms with van der Waals surface area (Å²) in [5.74, 6) is -1.79.